The van der Waals surface area contributed by atoms with Crippen LogP contribution >= 0.6 is 0 Å². The van der Waals surface area contributed by atoms with Crippen molar-refractivity contribution in [2.75, 3.05) is 18.9 Å². The highest BCUT2D eigenvalue weighted by molar-refractivity contribution is 5.79. The number of ether oxygens (including phenoxy) is 1. The monoisotopic (exact) mass is 395 g/mol. The number of rotatable bonds is 5. The number of hydrogen-bond donors (Lipinski definition) is 2. The number of alkyl carbamates (subject to hydrolysis) is 1. The zero-order chi connectivity index (χ0) is 20.9. The third-order valence-electron chi connectivity index (χ3n) is 5.21. The summed E-state index contributed by atoms with van der Waals surface area (Å²) in [5.41, 5.74) is 12.3. The fraction of sp³-hybridized carbons (Fsp3) is 0.120. The number of hydrogen-bond acceptors (Lipinski definition) is 4. The van der Waals surface area contributed by atoms with Gasteiger partial charge in [0.25, 0.3) is 0 Å². The molecule has 148 valence electrons. The van der Waals surface area contributed by atoms with Crippen LogP contribution in [0, 0.1) is 11.3 Å². The average Bonchev–Trinajstić information content (AvgIpc) is 3.09. The molecular formula is C25H21N3O2. The Hall–Kier alpha value is -4.04. The summed E-state index contributed by atoms with van der Waals surface area (Å²) >= 11 is 0. The van der Waals surface area contributed by atoms with Crippen molar-refractivity contribution in [1.29, 1.82) is 5.26 Å². The Labute approximate surface area is 175 Å². The van der Waals surface area contributed by atoms with Crippen molar-refractivity contribution >= 4 is 17.9 Å². The molecule has 0 spiro atoms. The maximum atomic E-state index is 12.1. The van der Waals surface area contributed by atoms with Crippen molar-refractivity contribution in [2.45, 2.75) is 5.92 Å². The van der Waals surface area contributed by atoms with Gasteiger partial charge in [-0.15, -0.1) is 0 Å². The van der Waals surface area contributed by atoms with E-state index in [1.807, 2.05) is 42.5 Å². The van der Waals surface area contributed by atoms with E-state index in [2.05, 4.69) is 29.6 Å². The molecule has 0 saturated heterocycles. The van der Waals surface area contributed by atoms with E-state index in [1.54, 1.807) is 18.2 Å². The molecule has 4 rings (SSSR count). The number of nitrogens with zero attached hydrogens (tertiary/aromatic N) is 1. The minimum atomic E-state index is -0.458. The average molecular weight is 395 g/mol. The lowest BCUT2D eigenvalue weighted by Gasteiger charge is -2.14. The predicted molar refractivity (Wildman–Crippen MR) is 118 cm³/mol. The van der Waals surface area contributed by atoms with Crippen LogP contribution < -0.4 is 11.1 Å². The summed E-state index contributed by atoms with van der Waals surface area (Å²) in [5.74, 6) is 0.0420. The topological polar surface area (TPSA) is 88.1 Å². The highest BCUT2D eigenvalue weighted by atomic mass is 16.5. The highest BCUT2D eigenvalue weighted by Gasteiger charge is 2.28. The Morgan fingerprint density at radius 1 is 1.07 bits per heavy atom. The van der Waals surface area contributed by atoms with Crippen molar-refractivity contribution < 1.29 is 9.53 Å². The molecule has 1 aliphatic carbocycles. The first-order chi connectivity index (χ1) is 14.7. The van der Waals surface area contributed by atoms with Crippen LogP contribution in [0.25, 0.3) is 17.2 Å². The maximum Gasteiger partial charge on any atom is 0.407 e. The van der Waals surface area contributed by atoms with Crippen molar-refractivity contribution in [1.82, 2.24) is 5.32 Å². The van der Waals surface area contributed by atoms with E-state index in [0.717, 1.165) is 5.56 Å². The predicted octanol–water partition coefficient (Wildman–Crippen LogP) is 4.69. The molecule has 0 bridgehead atoms. The Kier molecular flexibility index (Phi) is 5.49. The number of benzene rings is 3. The van der Waals surface area contributed by atoms with Crippen LogP contribution in [0.3, 0.4) is 0 Å². The summed E-state index contributed by atoms with van der Waals surface area (Å²) in [7, 11) is 0. The molecule has 0 radical (unpaired) electrons. The number of carbonyl (C=O) groups excluding carboxylic acids is 1. The van der Waals surface area contributed by atoms with E-state index in [4.69, 9.17) is 15.7 Å². The summed E-state index contributed by atoms with van der Waals surface area (Å²) in [6, 6.07) is 23.7. The Morgan fingerprint density at radius 2 is 1.73 bits per heavy atom. The van der Waals surface area contributed by atoms with E-state index >= 15 is 0 Å². The van der Waals surface area contributed by atoms with Gasteiger partial charge in [-0.3, -0.25) is 0 Å². The van der Waals surface area contributed by atoms with Gasteiger partial charge in [0.1, 0.15) is 12.7 Å². The number of nitrogens with two attached hydrogens (primary N) is 1. The van der Waals surface area contributed by atoms with Gasteiger partial charge in [-0.2, -0.15) is 5.26 Å². The van der Waals surface area contributed by atoms with E-state index in [9.17, 15) is 4.79 Å². The zero-order valence-electron chi connectivity index (χ0n) is 16.3. The van der Waals surface area contributed by atoms with Crippen molar-refractivity contribution in [2.24, 2.45) is 0 Å². The first-order valence-electron chi connectivity index (χ1n) is 9.72. The molecule has 5 heteroatoms. The highest BCUT2D eigenvalue weighted by Crippen LogP contribution is 2.44. The molecule has 0 saturated carbocycles. The third-order valence-corrected chi connectivity index (χ3v) is 5.21. The second-order valence-corrected chi connectivity index (χ2v) is 7.07. The first-order valence-corrected chi connectivity index (χ1v) is 9.72. The van der Waals surface area contributed by atoms with Crippen LogP contribution in [0.1, 0.15) is 28.2 Å². The largest absolute Gasteiger partial charge is 0.449 e. The lowest BCUT2D eigenvalue weighted by atomic mass is 9.98. The second-order valence-electron chi connectivity index (χ2n) is 7.07. The van der Waals surface area contributed by atoms with Crippen LogP contribution in [-0.4, -0.2) is 19.2 Å². The summed E-state index contributed by atoms with van der Waals surface area (Å²) in [5, 5.41) is 11.6. The van der Waals surface area contributed by atoms with Crippen LogP contribution in [0.2, 0.25) is 0 Å². The molecular weight excluding hydrogens is 374 g/mol. The lowest BCUT2D eigenvalue weighted by Crippen LogP contribution is -2.26. The number of nitriles is 1. The van der Waals surface area contributed by atoms with Gasteiger partial charge in [-0.25, -0.2) is 4.79 Å². The van der Waals surface area contributed by atoms with Crippen LogP contribution in [0.5, 0.6) is 0 Å². The molecule has 3 N–H and O–H groups in total. The molecule has 0 fully saturated rings. The van der Waals surface area contributed by atoms with E-state index in [0.29, 0.717) is 17.8 Å². The van der Waals surface area contributed by atoms with E-state index < -0.39 is 6.09 Å². The minimum absolute atomic E-state index is 0.0420. The first kappa shape index (κ1) is 19.3. The summed E-state index contributed by atoms with van der Waals surface area (Å²) in [6.07, 6.45) is 3.18. The molecule has 1 amide bonds. The normalized spacial score (nSPS) is 12.2. The van der Waals surface area contributed by atoms with Gasteiger partial charge in [0.15, 0.2) is 0 Å². The van der Waals surface area contributed by atoms with Gasteiger partial charge in [0, 0.05) is 12.5 Å². The Balaban J connectivity index is 1.32. The molecule has 3 aromatic rings. The Morgan fingerprint density at radius 3 is 2.37 bits per heavy atom. The van der Waals surface area contributed by atoms with Crippen molar-refractivity contribution in [3.63, 3.8) is 0 Å². The molecule has 0 unspecified atom stereocenters. The standard InChI is InChI=1S/C25H21N3O2/c26-15-18-12-11-17(14-24(18)27)6-5-13-28-25(29)30-16-23-21-9-3-1-7-19(21)20-8-2-4-10-22(20)23/h1-12,14,23H,13,16,27H2,(H,28,29). The summed E-state index contributed by atoms with van der Waals surface area (Å²) in [6.45, 7) is 0.617. The van der Waals surface area contributed by atoms with E-state index in [-0.39, 0.29) is 12.5 Å². The summed E-state index contributed by atoms with van der Waals surface area (Å²) in [4.78, 5) is 12.1. The maximum absolute atomic E-state index is 12.1. The van der Waals surface area contributed by atoms with Gasteiger partial charge >= 0.3 is 6.09 Å². The number of nitrogens with one attached hydrogen (secondary N) is 1. The number of nitrogen functional groups attached to an aromatic ring is 1. The lowest BCUT2D eigenvalue weighted by molar-refractivity contribution is 0.144. The summed E-state index contributed by atoms with van der Waals surface area (Å²) < 4.78 is 5.50. The molecule has 30 heavy (non-hydrogen) atoms. The minimum Gasteiger partial charge on any atom is -0.449 e. The van der Waals surface area contributed by atoms with Gasteiger partial charge in [-0.1, -0.05) is 66.7 Å². The van der Waals surface area contributed by atoms with Crippen LogP contribution in [0.4, 0.5) is 10.5 Å². The van der Waals surface area contributed by atoms with Crippen molar-refractivity contribution in [3.05, 3.63) is 95.1 Å². The fourth-order valence-corrected chi connectivity index (χ4v) is 3.77. The quantitative estimate of drug-likeness (QED) is 0.613. The molecule has 0 aliphatic heterocycles. The van der Waals surface area contributed by atoms with Gasteiger partial charge in [-0.05, 0) is 39.9 Å². The van der Waals surface area contributed by atoms with Gasteiger partial charge < -0.3 is 15.8 Å². The van der Waals surface area contributed by atoms with Crippen LogP contribution in [0.15, 0.2) is 72.8 Å². The fourth-order valence-electron chi connectivity index (χ4n) is 3.77. The number of anilines is 1. The molecule has 0 aromatic heterocycles. The van der Waals surface area contributed by atoms with E-state index in [1.165, 1.54) is 22.3 Å². The second kappa shape index (κ2) is 8.54. The number of amides is 1. The van der Waals surface area contributed by atoms with Gasteiger partial charge in [0.05, 0.1) is 11.3 Å². The SMILES string of the molecule is N#Cc1ccc(C=CCNC(=O)OCC2c3ccccc3-c3ccccc32)cc1N. The number of carbonyl (C=O) groups is 1. The third kappa shape index (κ3) is 3.89. The molecule has 1 aliphatic rings. The Bertz CT molecular complexity index is 1120. The molecule has 3 aromatic carbocycles. The molecule has 0 heterocycles. The smallest absolute Gasteiger partial charge is 0.407 e. The molecule has 5 nitrogen and oxygen atoms in total. The number of fused-ring (bicyclic) bond motifs is 3. The molecule has 0 atom stereocenters. The van der Waals surface area contributed by atoms with Gasteiger partial charge in [0.2, 0.25) is 0 Å². The van der Waals surface area contributed by atoms with Crippen molar-refractivity contribution in [3.8, 4) is 17.2 Å². The zero-order valence-corrected chi connectivity index (χ0v) is 16.3. The van der Waals surface area contributed by atoms with Crippen LogP contribution in [-0.2, 0) is 4.74 Å².